The molecule has 2 amide bonds. The van der Waals surface area contributed by atoms with E-state index in [1.54, 1.807) is 6.92 Å². The van der Waals surface area contributed by atoms with Gasteiger partial charge in [0.1, 0.15) is 5.82 Å². The number of likely N-dealkylation sites (tertiary alicyclic amines) is 1. The van der Waals surface area contributed by atoms with Crippen LogP contribution in [-0.4, -0.2) is 42.4 Å². The largest absolute Gasteiger partial charge is 0.356 e. The second kappa shape index (κ2) is 9.88. The predicted octanol–water partition coefficient (Wildman–Crippen LogP) is 3.43. The highest BCUT2D eigenvalue weighted by atomic mass is 35.5. The van der Waals surface area contributed by atoms with Crippen LogP contribution in [0.2, 0.25) is 5.02 Å². The van der Waals surface area contributed by atoms with Crippen LogP contribution >= 0.6 is 11.6 Å². The third-order valence-corrected chi connectivity index (χ3v) is 5.08. The Bertz CT molecular complexity index is 633. The van der Waals surface area contributed by atoms with Gasteiger partial charge in [0.05, 0.1) is 11.7 Å². The quantitative estimate of drug-likeness (QED) is 0.709. The van der Waals surface area contributed by atoms with E-state index in [1.807, 2.05) is 4.90 Å². The van der Waals surface area contributed by atoms with Gasteiger partial charge in [-0.3, -0.25) is 14.5 Å². The number of piperidine rings is 1. The standard InChI is InChI=1S/C19H27ClFN3O2/c1-3-4-9-22-19(26)14-7-10-24(11-8-14)13(2)18(25)23-17-6-5-15(20)12-16(17)21/h5-6,12-14H,3-4,7-11H2,1-2H3,(H,22,26)(H,23,25). The van der Waals surface area contributed by atoms with Crippen molar-refractivity contribution in [1.29, 1.82) is 0 Å². The van der Waals surface area contributed by atoms with Gasteiger partial charge in [-0.25, -0.2) is 4.39 Å². The van der Waals surface area contributed by atoms with E-state index in [2.05, 4.69) is 17.6 Å². The van der Waals surface area contributed by atoms with Crippen LogP contribution in [0.25, 0.3) is 0 Å². The van der Waals surface area contributed by atoms with Crippen LogP contribution in [0.15, 0.2) is 18.2 Å². The van der Waals surface area contributed by atoms with Gasteiger partial charge < -0.3 is 10.6 Å². The van der Waals surface area contributed by atoms with E-state index in [0.717, 1.165) is 32.2 Å². The molecule has 2 rings (SSSR count). The number of hydrogen-bond acceptors (Lipinski definition) is 3. The fraction of sp³-hybridized carbons (Fsp3) is 0.579. The number of benzene rings is 1. The number of carbonyl (C=O) groups excluding carboxylic acids is 2. The third-order valence-electron chi connectivity index (χ3n) is 4.85. The molecular weight excluding hydrogens is 357 g/mol. The van der Waals surface area contributed by atoms with Gasteiger partial charge in [0.15, 0.2) is 0 Å². The van der Waals surface area contributed by atoms with Gasteiger partial charge in [0.25, 0.3) is 0 Å². The Balaban J connectivity index is 1.82. The highest BCUT2D eigenvalue weighted by Gasteiger charge is 2.29. The molecule has 0 aromatic heterocycles. The summed E-state index contributed by atoms with van der Waals surface area (Å²) >= 11 is 5.72. The lowest BCUT2D eigenvalue weighted by molar-refractivity contribution is -0.127. The minimum Gasteiger partial charge on any atom is -0.356 e. The highest BCUT2D eigenvalue weighted by molar-refractivity contribution is 6.30. The molecule has 1 aromatic carbocycles. The van der Waals surface area contributed by atoms with Crippen LogP contribution < -0.4 is 10.6 Å². The Labute approximate surface area is 159 Å². The highest BCUT2D eigenvalue weighted by Crippen LogP contribution is 2.22. The normalized spacial score (nSPS) is 16.9. The molecule has 26 heavy (non-hydrogen) atoms. The first-order chi connectivity index (χ1) is 12.4. The lowest BCUT2D eigenvalue weighted by atomic mass is 9.95. The van der Waals surface area contributed by atoms with Crippen molar-refractivity contribution in [1.82, 2.24) is 10.2 Å². The summed E-state index contributed by atoms with van der Waals surface area (Å²) in [5.74, 6) is -0.705. The Morgan fingerprint density at radius 1 is 1.35 bits per heavy atom. The van der Waals surface area contributed by atoms with Crippen LogP contribution in [0.4, 0.5) is 10.1 Å². The molecule has 7 heteroatoms. The number of nitrogens with one attached hydrogen (secondary N) is 2. The van der Waals surface area contributed by atoms with Crippen molar-refractivity contribution >= 4 is 29.1 Å². The molecule has 1 fully saturated rings. The Hall–Kier alpha value is -1.66. The molecule has 0 aliphatic carbocycles. The molecule has 1 aromatic rings. The van der Waals surface area contributed by atoms with Crippen LogP contribution in [0.5, 0.6) is 0 Å². The zero-order chi connectivity index (χ0) is 19.1. The number of carbonyl (C=O) groups is 2. The van der Waals surface area contributed by atoms with Crippen molar-refractivity contribution < 1.29 is 14.0 Å². The summed E-state index contributed by atoms with van der Waals surface area (Å²) in [5.41, 5.74) is 0.122. The summed E-state index contributed by atoms with van der Waals surface area (Å²) in [6.45, 7) is 5.95. The number of hydrogen-bond donors (Lipinski definition) is 2. The molecule has 1 unspecified atom stereocenters. The van der Waals surface area contributed by atoms with Crippen LogP contribution in [-0.2, 0) is 9.59 Å². The topological polar surface area (TPSA) is 61.4 Å². The average molecular weight is 384 g/mol. The predicted molar refractivity (Wildman–Crippen MR) is 102 cm³/mol. The van der Waals surface area contributed by atoms with E-state index in [1.165, 1.54) is 18.2 Å². The van der Waals surface area contributed by atoms with E-state index in [4.69, 9.17) is 11.6 Å². The number of nitrogens with zero attached hydrogens (tertiary/aromatic N) is 1. The van der Waals surface area contributed by atoms with Crippen LogP contribution in [0, 0.1) is 11.7 Å². The maximum Gasteiger partial charge on any atom is 0.241 e. The van der Waals surface area contributed by atoms with Gasteiger partial charge in [-0.1, -0.05) is 24.9 Å². The van der Waals surface area contributed by atoms with E-state index in [9.17, 15) is 14.0 Å². The molecule has 1 atom stereocenters. The molecule has 0 spiro atoms. The van der Waals surface area contributed by atoms with Gasteiger partial charge >= 0.3 is 0 Å². The molecule has 0 radical (unpaired) electrons. The summed E-state index contributed by atoms with van der Waals surface area (Å²) in [7, 11) is 0. The molecule has 0 saturated carbocycles. The van der Waals surface area contributed by atoms with Gasteiger partial charge in [0, 0.05) is 17.5 Å². The zero-order valence-electron chi connectivity index (χ0n) is 15.4. The summed E-state index contributed by atoms with van der Waals surface area (Å²) in [6.07, 6.45) is 3.50. The van der Waals surface area contributed by atoms with Crippen LogP contribution in [0.3, 0.4) is 0 Å². The van der Waals surface area contributed by atoms with E-state index in [-0.39, 0.29) is 28.4 Å². The summed E-state index contributed by atoms with van der Waals surface area (Å²) < 4.78 is 13.8. The number of unbranched alkanes of at least 4 members (excludes halogenated alkanes) is 1. The molecule has 5 nitrogen and oxygen atoms in total. The Morgan fingerprint density at radius 2 is 2.04 bits per heavy atom. The minimum absolute atomic E-state index is 0.00655. The summed E-state index contributed by atoms with van der Waals surface area (Å²) in [5, 5.41) is 5.87. The van der Waals surface area contributed by atoms with Crippen molar-refractivity contribution in [2.75, 3.05) is 25.0 Å². The maximum absolute atomic E-state index is 13.8. The minimum atomic E-state index is -0.555. The molecule has 2 N–H and O–H groups in total. The van der Waals surface area contributed by atoms with E-state index in [0.29, 0.717) is 13.1 Å². The first kappa shape index (κ1) is 20.6. The first-order valence-electron chi connectivity index (χ1n) is 9.20. The molecule has 144 valence electrons. The lowest BCUT2D eigenvalue weighted by Crippen LogP contribution is -2.48. The van der Waals surface area contributed by atoms with Crippen molar-refractivity contribution in [3.05, 3.63) is 29.0 Å². The molecule has 1 aliphatic rings. The summed E-state index contributed by atoms with van der Waals surface area (Å²) in [4.78, 5) is 26.6. The van der Waals surface area contributed by atoms with Gasteiger partial charge in [0.2, 0.25) is 11.8 Å². The number of rotatable bonds is 7. The molecule has 0 bridgehead atoms. The SMILES string of the molecule is CCCCNC(=O)C1CCN(C(C)C(=O)Nc2ccc(Cl)cc2F)CC1. The van der Waals surface area contributed by atoms with Crippen molar-refractivity contribution in [3.63, 3.8) is 0 Å². The van der Waals surface area contributed by atoms with Gasteiger partial charge in [-0.2, -0.15) is 0 Å². The van der Waals surface area contributed by atoms with Crippen molar-refractivity contribution in [2.45, 2.75) is 45.6 Å². The maximum atomic E-state index is 13.8. The smallest absolute Gasteiger partial charge is 0.241 e. The van der Waals surface area contributed by atoms with Crippen molar-refractivity contribution in [3.8, 4) is 0 Å². The van der Waals surface area contributed by atoms with E-state index >= 15 is 0 Å². The number of halogens is 2. The zero-order valence-corrected chi connectivity index (χ0v) is 16.1. The molecule has 1 saturated heterocycles. The Kier molecular flexibility index (Phi) is 7.85. The average Bonchev–Trinajstić information content (AvgIpc) is 2.63. The fourth-order valence-corrected chi connectivity index (χ4v) is 3.23. The lowest BCUT2D eigenvalue weighted by Gasteiger charge is -2.34. The third kappa shape index (κ3) is 5.68. The summed E-state index contributed by atoms with van der Waals surface area (Å²) in [6, 6.07) is 3.77. The second-order valence-corrected chi connectivity index (χ2v) is 7.18. The Morgan fingerprint density at radius 3 is 2.65 bits per heavy atom. The number of anilines is 1. The van der Waals surface area contributed by atoms with Crippen molar-refractivity contribution in [2.24, 2.45) is 5.92 Å². The molecule has 1 heterocycles. The first-order valence-corrected chi connectivity index (χ1v) is 9.57. The van der Waals surface area contributed by atoms with Crippen LogP contribution in [0.1, 0.15) is 39.5 Å². The van der Waals surface area contributed by atoms with E-state index < -0.39 is 11.9 Å². The molecule has 1 aliphatic heterocycles. The second-order valence-electron chi connectivity index (χ2n) is 6.74. The monoisotopic (exact) mass is 383 g/mol. The fourth-order valence-electron chi connectivity index (χ4n) is 3.08. The van der Waals surface area contributed by atoms with Gasteiger partial charge in [-0.15, -0.1) is 0 Å². The molecular formula is C19H27ClFN3O2. The van der Waals surface area contributed by atoms with Gasteiger partial charge in [-0.05, 0) is 57.5 Å². The number of amides is 2.